The summed E-state index contributed by atoms with van der Waals surface area (Å²) >= 11 is 0. The van der Waals surface area contributed by atoms with Gasteiger partial charge in [-0.2, -0.15) is 0 Å². The molecule has 2 aliphatic heterocycles. The lowest BCUT2D eigenvalue weighted by atomic mass is 10.0. The number of fused-ring (bicyclic) bond motifs is 1. The van der Waals surface area contributed by atoms with Gasteiger partial charge >= 0.3 is 19.7 Å². The number of rotatable bonds is 13. The number of ether oxygens (including phenoxy) is 3. The van der Waals surface area contributed by atoms with Crippen molar-refractivity contribution in [3.63, 3.8) is 0 Å². The minimum Gasteiger partial charge on any atom is -0.497 e. The highest BCUT2D eigenvalue weighted by molar-refractivity contribution is 7.52. The molecule has 0 bridgehead atoms. The summed E-state index contributed by atoms with van der Waals surface area (Å²) in [4.78, 5) is 31.9. The zero-order valence-corrected chi connectivity index (χ0v) is 30.4. The Kier molecular flexibility index (Phi) is 11.7. The van der Waals surface area contributed by atoms with Crippen LogP contribution in [0.4, 0.5) is 0 Å². The van der Waals surface area contributed by atoms with Crippen LogP contribution in [0, 0.1) is 0 Å². The van der Waals surface area contributed by atoms with E-state index in [4.69, 9.17) is 23.3 Å². The Bertz CT molecular complexity index is 1590. The highest BCUT2D eigenvalue weighted by Crippen LogP contribution is 2.52. The van der Waals surface area contributed by atoms with E-state index >= 15 is 0 Å². The normalized spacial score (nSPS) is 15.5. The van der Waals surface area contributed by atoms with E-state index in [0.717, 1.165) is 17.5 Å². The first-order valence-electron chi connectivity index (χ1n) is 15.9. The van der Waals surface area contributed by atoms with Gasteiger partial charge in [-0.1, -0.05) is 12.2 Å². The van der Waals surface area contributed by atoms with E-state index in [1.807, 2.05) is 101 Å². The second kappa shape index (κ2) is 15.2. The Hall–Kier alpha value is -3.83. The van der Waals surface area contributed by atoms with Gasteiger partial charge in [0.05, 0.1) is 23.8 Å². The van der Waals surface area contributed by atoms with Crippen molar-refractivity contribution in [3.05, 3.63) is 78.1 Å². The van der Waals surface area contributed by atoms with Crippen LogP contribution in [-0.2, 0) is 39.1 Å². The number of likely N-dealkylation sites (N-methyl/N-ethyl adjacent to an activating group) is 1. The molecule has 0 N–H and O–H groups in total. The summed E-state index contributed by atoms with van der Waals surface area (Å²) in [6.07, 6.45) is 14.1. The summed E-state index contributed by atoms with van der Waals surface area (Å²) in [7, 11) is 1.20. The molecule has 0 aliphatic carbocycles. The first-order chi connectivity index (χ1) is 22.5. The molecule has 1 aromatic carbocycles. The molecule has 0 radical (unpaired) electrons. The molecule has 3 heterocycles. The Morgan fingerprint density at radius 1 is 0.854 bits per heavy atom. The van der Waals surface area contributed by atoms with Gasteiger partial charge in [-0.3, -0.25) is 13.4 Å². The Morgan fingerprint density at radius 3 is 1.83 bits per heavy atom. The number of esters is 2. The maximum atomic E-state index is 14.6. The molecule has 12 nitrogen and oxygen atoms in total. The molecule has 4 rings (SSSR count). The third kappa shape index (κ3) is 9.19. The van der Waals surface area contributed by atoms with Gasteiger partial charge < -0.3 is 28.9 Å². The summed E-state index contributed by atoms with van der Waals surface area (Å²) in [6.45, 7) is 11.5. The third-order valence-corrected chi connectivity index (χ3v) is 9.57. The van der Waals surface area contributed by atoms with Crippen LogP contribution in [0.2, 0.25) is 0 Å². The van der Waals surface area contributed by atoms with Crippen LogP contribution in [0.15, 0.2) is 72.5 Å². The number of carbonyl (C=O) groups excluding carboxylic acids is 2. The molecule has 1 aromatic heterocycles. The van der Waals surface area contributed by atoms with Gasteiger partial charge in [0.1, 0.15) is 5.75 Å². The number of hydrogen-bond donors (Lipinski definition) is 0. The number of allylic oxidation sites excluding steroid dienone is 2. The maximum Gasteiger partial charge on any atom is 0.445 e. The zero-order chi connectivity index (χ0) is 35.3. The fourth-order valence-corrected chi connectivity index (χ4v) is 6.41. The summed E-state index contributed by atoms with van der Waals surface area (Å²) in [6, 6.07) is 5.35. The molecule has 0 unspecified atom stereocenters. The zero-order valence-electron chi connectivity index (χ0n) is 29.5. The van der Waals surface area contributed by atoms with E-state index in [0.29, 0.717) is 41.7 Å². The van der Waals surface area contributed by atoms with Crippen LogP contribution in [0.5, 0.6) is 5.75 Å². The van der Waals surface area contributed by atoms with Crippen molar-refractivity contribution in [1.82, 2.24) is 19.0 Å². The highest BCUT2D eigenvalue weighted by Gasteiger charge is 2.33. The van der Waals surface area contributed by atoms with Crippen LogP contribution in [0.25, 0.3) is 10.9 Å². The molecule has 2 aliphatic rings. The van der Waals surface area contributed by atoms with Gasteiger partial charge in [0.2, 0.25) is 13.6 Å². The van der Waals surface area contributed by atoms with Crippen LogP contribution in [0.3, 0.4) is 0 Å². The maximum absolute atomic E-state index is 14.6. The number of aromatic nitrogens is 1. The van der Waals surface area contributed by atoms with E-state index in [1.165, 1.54) is 4.34 Å². The lowest BCUT2D eigenvalue weighted by molar-refractivity contribution is -0.147. The monoisotopic (exact) mass is 684 g/mol. The van der Waals surface area contributed by atoms with Gasteiger partial charge in [-0.25, -0.2) is 14.2 Å². The van der Waals surface area contributed by atoms with Crippen molar-refractivity contribution in [2.24, 2.45) is 0 Å². The number of hydrogen-bond acceptors (Lipinski definition) is 11. The van der Waals surface area contributed by atoms with Gasteiger partial charge in [0.15, 0.2) is 0 Å². The second-order valence-corrected chi connectivity index (χ2v) is 15.8. The Labute approximate surface area is 283 Å². The van der Waals surface area contributed by atoms with Crippen molar-refractivity contribution in [2.75, 3.05) is 41.3 Å². The average molecular weight is 685 g/mol. The van der Waals surface area contributed by atoms with Gasteiger partial charge in [-0.05, 0) is 85.8 Å². The number of methoxy groups -OCH3 is 1. The Morgan fingerprint density at radius 2 is 1.38 bits per heavy atom. The minimum atomic E-state index is -4.32. The highest BCUT2D eigenvalue weighted by atomic mass is 31.2. The number of carbonyl (C=O) groups is 2. The van der Waals surface area contributed by atoms with Crippen molar-refractivity contribution >= 4 is 30.6 Å². The van der Waals surface area contributed by atoms with E-state index in [-0.39, 0.29) is 11.1 Å². The standard InChI is InChI=1S/C35H49N4O8P/c1-34(2,3)37-17-10-12-27(21-37)32(40)44-24-46-48(42,47-25-45-33(41)28-13-11-18-38(22-28)35(4,5)6)39-23-26(16-19-36(7)8)30-20-29(43-9)14-15-31(30)39/h10-11,14-15,17-18,20-23H,12-13,16,19,24-25H2,1-9H3. The topological polar surface area (TPSA) is 112 Å². The van der Waals surface area contributed by atoms with E-state index in [9.17, 15) is 14.2 Å². The third-order valence-electron chi connectivity index (χ3n) is 7.85. The van der Waals surface area contributed by atoms with Crippen molar-refractivity contribution in [3.8, 4) is 5.75 Å². The van der Waals surface area contributed by atoms with Gasteiger partial charge in [0, 0.05) is 66.8 Å². The van der Waals surface area contributed by atoms with E-state index in [2.05, 4.69) is 0 Å². The lowest BCUT2D eigenvalue weighted by Gasteiger charge is -2.34. The first kappa shape index (κ1) is 37.0. The van der Waals surface area contributed by atoms with Crippen molar-refractivity contribution in [1.29, 1.82) is 0 Å². The average Bonchev–Trinajstić information content (AvgIpc) is 3.41. The molecule has 0 spiro atoms. The molecule has 0 amide bonds. The minimum absolute atomic E-state index is 0.239. The summed E-state index contributed by atoms with van der Waals surface area (Å²) in [5, 5.41) is 0.792. The molecule has 0 fully saturated rings. The fourth-order valence-electron chi connectivity index (χ4n) is 4.99. The SMILES string of the molecule is COc1ccc2c(c1)c(CCN(C)C)cn2P(=O)(OCOC(=O)C1=CN(C(C)(C)C)C=CC1)OCOC(=O)C1=CN(C(C)(C)C)C=CC1. The van der Waals surface area contributed by atoms with Crippen LogP contribution < -0.4 is 4.74 Å². The van der Waals surface area contributed by atoms with Crippen molar-refractivity contribution < 1.29 is 37.4 Å². The smallest absolute Gasteiger partial charge is 0.445 e. The molecular formula is C35H49N4O8P. The van der Waals surface area contributed by atoms with E-state index in [1.54, 1.807) is 37.8 Å². The van der Waals surface area contributed by atoms with Gasteiger partial charge in [-0.15, -0.1) is 0 Å². The number of nitrogens with zero attached hydrogens (tertiary/aromatic N) is 4. The molecule has 262 valence electrons. The Balaban J connectivity index is 1.58. The largest absolute Gasteiger partial charge is 0.497 e. The van der Waals surface area contributed by atoms with E-state index < -0.39 is 33.3 Å². The quantitative estimate of drug-likeness (QED) is 0.130. The summed E-state index contributed by atoms with van der Waals surface area (Å²) in [5.74, 6) is -0.591. The molecule has 13 heteroatoms. The molecular weight excluding hydrogens is 635 g/mol. The van der Waals surface area contributed by atoms with Crippen LogP contribution >= 0.6 is 7.75 Å². The molecule has 0 saturated heterocycles. The lowest BCUT2D eigenvalue weighted by Crippen LogP contribution is -2.35. The predicted molar refractivity (Wildman–Crippen MR) is 185 cm³/mol. The molecule has 48 heavy (non-hydrogen) atoms. The fraction of sp³-hybridized carbons (Fsp3) is 0.486. The molecule has 0 saturated carbocycles. The number of benzene rings is 1. The summed E-state index contributed by atoms with van der Waals surface area (Å²) in [5.41, 5.74) is 1.79. The predicted octanol–water partition coefficient (Wildman–Crippen LogP) is 6.55. The second-order valence-electron chi connectivity index (χ2n) is 13.9. The van der Waals surface area contributed by atoms with Crippen LogP contribution in [0.1, 0.15) is 59.9 Å². The van der Waals surface area contributed by atoms with Gasteiger partial charge in [0.25, 0.3) is 0 Å². The molecule has 2 aromatic rings. The van der Waals surface area contributed by atoms with Crippen molar-refractivity contribution in [2.45, 2.75) is 71.9 Å². The molecule has 0 atom stereocenters. The van der Waals surface area contributed by atoms with Crippen LogP contribution in [-0.4, -0.2) is 83.4 Å². The summed E-state index contributed by atoms with van der Waals surface area (Å²) < 4.78 is 44.0. The first-order valence-corrected chi connectivity index (χ1v) is 17.4.